The van der Waals surface area contributed by atoms with Gasteiger partial charge in [0.15, 0.2) is 16.1 Å². The van der Waals surface area contributed by atoms with Gasteiger partial charge in [0.2, 0.25) is 5.91 Å². The largest absolute Gasteiger partial charge is 0.485 e. The Morgan fingerprint density at radius 1 is 1.20 bits per heavy atom. The minimum atomic E-state index is -0.129. The number of aromatic nitrogens is 4. The molecular formula is C21H21N5O2S2. The molecule has 0 aliphatic carbocycles. The van der Waals surface area contributed by atoms with Crippen molar-refractivity contribution < 1.29 is 9.53 Å². The van der Waals surface area contributed by atoms with Crippen LogP contribution >= 0.6 is 23.1 Å². The summed E-state index contributed by atoms with van der Waals surface area (Å²) in [5.74, 6) is 1.63. The number of aryl methyl sites for hydroxylation is 2. The summed E-state index contributed by atoms with van der Waals surface area (Å²) in [6.07, 6.45) is 0. The maximum absolute atomic E-state index is 12.3. The normalized spacial score (nSPS) is 11.0. The van der Waals surface area contributed by atoms with E-state index >= 15 is 0 Å². The molecule has 30 heavy (non-hydrogen) atoms. The number of hydrogen-bond acceptors (Lipinski definition) is 7. The van der Waals surface area contributed by atoms with Gasteiger partial charge in [0.05, 0.1) is 16.0 Å². The summed E-state index contributed by atoms with van der Waals surface area (Å²) >= 11 is 2.79. The fourth-order valence-electron chi connectivity index (χ4n) is 2.81. The number of carbonyl (C=O) groups excluding carboxylic acids is 1. The second kappa shape index (κ2) is 8.85. The molecule has 0 saturated heterocycles. The minimum Gasteiger partial charge on any atom is -0.485 e. The predicted molar refractivity (Wildman–Crippen MR) is 120 cm³/mol. The molecule has 1 amide bonds. The van der Waals surface area contributed by atoms with Crippen molar-refractivity contribution in [3.8, 4) is 5.75 Å². The molecule has 0 aliphatic heterocycles. The summed E-state index contributed by atoms with van der Waals surface area (Å²) < 4.78 is 8.80. The predicted octanol–water partition coefficient (Wildman–Crippen LogP) is 4.35. The Balaban J connectivity index is 1.33. The van der Waals surface area contributed by atoms with E-state index in [4.69, 9.17) is 4.74 Å². The van der Waals surface area contributed by atoms with Gasteiger partial charge in [0.1, 0.15) is 12.4 Å². The number of nitrogens with one attached hydrogen (secondary N) is 1. The van der Waals surface area contributed by atoms with Crippen molar-refractivity contribution >= 4 is 44.4 Å². The third-order valence-electron chi connectivity index (χ3n) is 4.50. The van der Waals surface area contributed by atoms with E-state index in [2.05, 4.69) is 26.6 Å². The van der Waals surface area contributed by atoms with Crippen LogP contribution in [0.1, 0.15) is 17.0 Å². The number of thioether (sulfide) groups is 1. The lowest BCUT2D eigenvalue weighted by Crippen LogP contribution is -2.14. The minimum absolute atomic E-state index is 0.129. The van der Waals surface area contributed by atoms with E-state index in [1.54, 1.807) is 0 Å². The van der Waals surface area contributed by atoms with Crippen LogP contribution in [0.2, 0.25) is 0 Å². The van der Waals surface area contributed by atoms with Crippen LogP contribution in [0, 0.1) is 13.8 Å². The quantitative estimate of drug-likeness (QED) is 0.431. The molecule has 1 N–H and O–H groups in total. The van der Waals surface area contributed by atoms with Crippen LogP contribution in [0.15, 0.2) is 47.6 Å². The van der Waals surface area contributed by atoms with Crippen molar-refractivity contribution in [2.45, 2.75) is 25.6 Å². The SMILES string of the molecule is Cc1ccc(C)c(OCc2nnc(SCC(=O)Nc3nc4ccccc4s3)n2C)c1. The lowest BCUT2D eigenvalue weighted by molar-refractivity contribution is -0.113. The second-order valence-corrected chi connectivity index (χ2v) is 8.81. The zero-order chi connectivity index (χ0) is 21.1. The number of carbonyl (C=O) groups is 1. The van der Waals surface area contributed by atoms with Crippen LogP contribution in [-0.4, -0.2) is 31.4 Å². The first-order chi connectivity index (χ1) is 14.5. The molecule has 0 spiro atoms. The topological polar surface area (TPSA) is 81.9 Å². The number of thiazole rings is 1. The highest BCUT2D eigenvalue weighted by molar-refractivity contribution is 7.99. The molecule has 0 radical (unpaired) electrons. The summed E-state index contributed by atoms with van der Waals surface area (Å²) in [6.45, 7) is 4.35. The van der Waals surface area contributed by atoms with Crippen molar-refractivity contribution in [2.24, 2.45) is 7.05 Å². The third kappa shape index (κ3) is 4.63. The number of benzene rings is 2. The average Bonchev–Trinajstić information content (AvgIpc) is 3.29. The van der Waals surface area contributed by atoms with Gasteiger partial charge in [-0.25, -0.2) is 4.98 Å². The Bertz CT molecular complexity index is 1170. The van der Waals surface area contributed by atoms with Gasteiger partial charge in [0, 0.05) is 7.05 Å². The lowest BCUT2D eigenvalue weighted by Gasteiger charge is -2.09. The maximum Gasteiger partial charge on any atom is 0.236 e. The van der Waals surface area contributed by atoms with Gasteiger partial charge < -0.3 is 14.6 Å². The molecule has 0 aliphatic rings. The second-order valence-electron chi connectivity index (χ2n) is 6.84. The highest BCUT2D eigenvalue weighted by Gasteiger charge is 2.14. The number of amides is 1. The average molecular weight is 440 g/mol. The first kappa shape index (κ1) is 20.4. The molecule has 7 nitrogen and oxygen atoms in total. The number of ether oxygens (including phenoxy) is 1. The van der Waals surface area contributed by atoms with Crippen LogP contribution in [0.5, 0.6) is 5.75 Å². The highest BCUT2D eigenvalue weighted by Crippen LogP contribution is 2.26. The molecule has 4 rings (SSSR count). The molecule has 2 heterocycles. The zero-order valence-corrected chi connectivity index (χ0v) is 18.5. The molecule has 2 aromatic heterocycles. The van der Waals surface area contributed by atoms with E-state index in [-0.39, 0.29) is 11.7 Å². The molecule has 0 unspecified atom stereocenters. The van der Waals surface area contributed by atoms with Crippen LogP contribution in [-0.2, 0) is 18.4 Å². The van der Waals surface area contributed by atoms with E-state index in [1.165, 1.54) is 23.1 Å². The molecule has 0 bridgehead atoms. The van der Waals surface area contributed by atoms with Crippen LogP contribution < -0.4 is 10.1 Å². The number of rotatable bonds is 7. The molecule has 9 heteroatoms. The number of para-hydroxylation sites is 1. The van der Waals surface area contributed by atoms with Gasteiger partial charge in [-0.1, -0.05) is 47.4 Å². The van der Waals surface area contributed by atoms with E-state index in [0.29, 0.717) is 22.7 Å². The Morgan fingerprint density at radius 3 is 2.87 bits per heavy atom. The highest BCUT2D eigenvalue weighted by atomic mass is 32.2. The number of hydrogen-bond donors (Lipinski definition) is 1. The zero-order valence-electron chi connectivity index (χ0n) is 16.9. The fraction of sp³-hybridized carbons (Fsp3) is 0.238. The molecular weight excluding hydrogens is 418 g/mol. The summed E-state index contributed by atoms with van der Waals surface area (Å²) in [4.78, 5) is 16.7. The van der Waals surface area contributed by atoms with E-state index in [1.807, 2.05) is 61.9 Å². The van der Waals surface area contributed by atoms with E-state index in [0.717, 1.165) is 27.1 Å². The van der Waals surface area contributed by atoms with Gasteiger partial charge >= 0.3 is 0 Å². The van der Waals surface area contributed by atoms with Crippen molar-refractivity contribution in [1.29, 1.82) is 0 Å². The number of fused-ring (bicyclic) bond motifs is 1. The first-order valence-electron chi connectivity index (χ1n) is 9.36. The van der Waals surface area contributed by atoms with Gasteiger partial charge in [-0.2, -0.15) is 0 Å². The summed E-state index contributed by atoms with van der Waals surface area (Å²) in [5.41, 5.74) is 3.10. The van der Waals surface area contributed by atoms with Gasteiger partial charge in [-0.15, -0.1) is 10.2 Å². The Morgan fingerprint density at radius 2 is 2.03 bits per heavy atom. The van der Waals surface area contributed by atoms with Crippen molar-refractivity contribution in [3.63, 3.8) is 0 Å². The smallest absolute Gasteiger partial charge is 0.236 e. The molecule has 4 aromatic rings. The van der Waals surface area contributed by atoms with Crippen LogP contribution in [0.3, 0.4) is 0 Å². The van der Waals surface area contributed by atoms with E-state index < -0.39 is 0 Å². The molecule has 154 valence electrons. The number of nitrogens with zero attached hydrogens (tertiary/aromatic N) is 4. The monoisotopic (exact) mass is 439 g/mol. The van der Waals surface area contributed by atoms with Crippen molar-refractivity contribution in [1.82, 2.24) is 19.7 Å². The Labute approximate surface area is 182 Å². The summed E-state index contributed by atoms with van der Waals surface area (Å²) in [6, 6.07) is 13.9. The summed E-state index contributed by atoms with van der Waals surface area (Å²) in [5, 5.41) is 12.5. The van der Waals surface area contributed by atoms with E-state index in [9.17, 15) is 4.79 Å². The number of anilines is 1. The third-order valence-corrected chi connectivity index (χ3v) is 6.47. The van der Waals surface area contributed by atoms with Gasteiger partial charge in [-0.3, -0.25) is 4.79 Å². The molecule has 0 saturated carbocycles. The van der Waals surface area contributed by atoms with Gasteiger partial charge in [-0.05, 0) is 43.2 Å². The van der Waals surface area contributed by atoms with Crippen LogP contribution in [0.25, 0.3) is 10.2 Å². The van der Waals surface area contributed by atoms with Crippen molar-refractivity contribution in [3.05, 3.63) is 59.4 Å². The first-order valence-corrected chi connectivity index (χ1v) is 11.2. The summed E-state index contributed by atoms with van der Waals surface area (Å²) in [7, 11) is 1.87. The Kier molecular flexibility index (Phi) is 6.01. The molecule has 0 atom stereocenters. The van der Waals surface area contributed by atoms with Crippen LogP contribution in [0.4, 0.5) is 5.13 Å². The molecule has 2 aromatic carbocycles. The van der Waals surface area contributed by atoms with Gasteiger partial charge in [0.25, 0.3) is 0 Å². The molecule has 0 fully saturated rings. The standard InChI is InChI=1S/C21H21N5O2S2/c1-13-8-9-14(2)16(10-13)28-11-18-24-25-21(26(18)3)29-12-19(27)23-20-22-15-6-4-5-7-17(15)30-20/h4-10H,11-12H2,1-3H3,(H,22,23,27). The van der Waals surface area contributed by atoms with Crippen molar-refractivity contribution in [2.75, 3.05) is 11.1 Å². The fourth-order valence-corrected chi connectivity index (χ4v) is 4.42. The lowest BCUT2D eigenvalue weighted by atomic mass is 10.1. The Hall–Kier alpha value is -2.91. The maximum atomic E-state index is 12.3.